The highest BCUT2D eigenvalue weighted by Crippen LogP contribution is 2.15. The molecule has 4 nitrogen and oxygen atoms in total. The van der Waals surface area contributed by atoms with Crippen LogP contribution in [0, 0.1) is 17.1 Å². The molecule has 1 amide bonds. The maximum Gasteiger partial charge on any atom is 0.227 e. The number of nitriles is 1. The van der Waals surface area contributed by atoms with E-state index in [2.05, 4.69) is 5.32 Å². The summed E-state index contributed by atoms with van der Waals surface area (Å²) in [6, 6.07) is 14.8. The number of rotatable bonds is 5. The molecule has 0 aliphatic rings. The molecule has 0 aromatic heterocycles. The van der Waals surface area contributed by atoms with E-state index < -0.39 is 5.82 Å². The van der Waals surface area contributed by atoms with Crippen LogP contribution in [0.1, 0.15) is 12.0 Å². The van der Waals surface area contributed by atoms with Crippen LogP contribution in [0.3, 0.4) is 0 Å². The highest BCUT2D eigenvalue weighted by atomic mass is 19.1. The third-order valence-electron chi connectivity index (χ3n) is 2.71. The number of hydrogen-bond donors (Lipinski definition) is 1. The van der Waals surface area contributed by atoms with E-state index in [1.165, 1.54) is 12.1 Å². The Balaban J connectivity index is 1.83. The number of ether oxygens (including phenoxy) is 1. The van der Waals surface area contributed by atoms with Gasteiger partial charge in [0.2, 0.25) is 5.91 Å². The molecule has 0 radical (unpaired) electrons. The molecule has 5 heteroatoms. The summed E-state index contributed by atoms with van der Waals surface area (Å²) in [5, 5.41) is 11.1. The van der Waals surface area contributed by atoms with E-state index in [-0.39, 0.29) is 30.2 Å². The number of anilines is 1. The normalized spacial score (nSPS) is 9.71. The van der Waals surface area contributed by atoms with E-state index in [9.17, 15) is 9.18 Å². The Morgan fingerprint density at radius 3 is 2.67 bits per heavy atom. The second-order valence-corrected chi connectivity index (χ2v) is 4.27. The summed E-state index contributed by atoms with van der Waals surface area (Å²) in [7, 11) is 0. The Morgan fingerprint density at radius 1 is 1.24 bits per heavy atom. The van der Waals surface area contributed by atoms with Crippen molar-refractivity contribution in [2.45, 2.75) is 6.42 Å². The highest BCUT2D eigenvalue weighted by Gasteiger charge is 2.08. The lowest BCUT2D eigenvalue weighted by Crippen LogP contribution is -2.16. The van der Waals surface area contributed by atoms with Gasteiger partial charge >= 0.3 is 0 Å². The van der Waals surface area contributed by atoms with E-state index in [1.807, 2.05) is 24.3 Å². The van der Waals surface area contributed by atoms with Gasteiger partial charge in [-0.1, -0.05) is 18.2 Å². The predicted octanol–water partition coefficient (Wildman–Crippen LogP) is 3.10. The molecule has 1 N–H and O–H groups in total. The van der Waals surface area contributed by atoms with Crippen LogP contribution < -0.4 is 10.1 Å². The van der Waals surface area contributed by atoms with Crippen molar-refractivity contribution < 1.29 is 13.9 Å². The van der Waals surface area contributed by atoms with E-state index in [1.54, 1.807) is 12.1 Å². The third-order valence-corrected chi connectivity index (χ3v) is 2.71. The van der Waals surface area contributed by atoms with Gasteiger partial charge in [0.15, 0.2) is 0 Å². The largest absolute Gasteiger partial charge is 0.493 e. The Kier molecular flexibility index (Phi) is 4.89. The number of carbonyl (C=O) groups is 1. The molecule has 0 aliphatic carbocycles. The average molecular weight is 284 g/mol. The monoisotopic (exact) mass is 284 g/mol. The molecule has 0 atom stereocenters. The third kappa shape index (κ3) is 4.32. The lowest BCUT2D eigenvalue weighted by molar-refractivity contribution is -0.116. The van der Waals surface area contributed by atoms with Gasteiger partial charge in [0.05, 0.1) is 30.3 Å². The van der Waals surface area contributed by atoms with E-state index in [0.717, 1.165) is 6.07 Å². The zero-order valence-electron chi connectivity index (χ0n) is 11.2. The summed E-state index contributed by atoms with van der Waals surface area (Å²) >= 11 is 0. The van der Waals surface area contributed by atoms with Crippen molar-refractivity contribution in [3.8, 4) is 11.8 Å². The first kappa shape index (κ1) is 14.5. The van der Waals surface area contributed by atoms with Gasteiger partial charge < -0.3 is 10.1 Å². The Morgan fingerprint density at radius 2 is 2.00 bits per heavy atom. The van der Waals surface area contributed by atoms with Crippen LogP contribution in [0.15, 0.2) is 48.5 Å². The lowest BCUT2D eigenvalue weighted by atomic mass is 10.2. The van der Waals surface area contributed by atoms with Crippen LogP contribution >= 0.6 is 0 Å². The van der Waals surface area contributed by atoms with Crippen LogP contribution in [0.4, 0.5) is 10.1 Å². The van der Waals surface area contributed by atoms with Crippen molar-refractivity contribution in [1.82, 2.24) is 0 Å². The predicted molar refractivity (Wildman–Crippen MR) is 76.3 cm³/mol. The standard InChI is InChI=1S/C16H13FN2O2/c17-14-10-12(11-18)6-7-15(14)19-16(20)8-9-21-13-4-2-1-3-5-13/h1-7,10H,8-9H2,(H,19,20). The van der Waals surface area contributed by atoms with Crippen LogP contribution in [-0.4, -0.2) is 12.5 Å². The van der Waals surface area contributed by atoms with Gasteiger partial charge in [-0.2, -0.15) is 5.26 Å². The fraction of sp³-hybridized carbons (Fsp3) is 0.125. The summed E-state index contributed by atoms with van der Waals surface area (Å²) in [6.07, 6.45) is 0.105. The first-order chi connectivity index (χ1) is 10.2. The topological polar surface area (TPSA) is 62.1 Å². The van der Waals surface area contributed by atoms with Crippen molar-refractivity contribution in [2.24, 2.45) is 0 Å². The fourth-order valence-electron chi connectivity index (χ4n) is 1.68. The number of hydrogen-bond acceptors (Lipinski definition) is 3. The molecule has 2 rings (SSSR count). The molecule has 2 aromatic carbocycles. The molecule has 0 saturated heterocycles. The summed E-state index contributed by atoms with van der Waals surface area (Å²) in [5.41, 5.74) is 0.261. The van der Waals surface area contributed by atoms with Crippen molar-refractivity contribution in [2.75, 3.05) is 11.9 Å². The number of amides is 1. The molecule has 21 heavy (non-hydrogen) atoms. The Hall–Kier alpha value is -2.87. The number of benzene rings is 2. The SMILES string of the molecule is N#Cc1ccc(NC(=O)CCOc2ccccc2)c(F)c1. The Labute approximate surface area is 121 Å². The minimum atomic E-state index is -0.633. The minimum Gasteiger partial charge on any atom is -0.493 e. The maximum absolute atomic E-state index is 13.6. The van der Waals surface area contributed by atoms with Crippen molar-refractivity contribution in [3.05, 3.63) is 59.9 Å². The number of halogens is 1. The van der Waals surface area contributed by atoms with Crippen molar-refractivity contribution in [3.63, 3.8) is 0 Å². The maximum atomic E-state index is 13.6. The second-order valence-electron chi connectivity index (χ2n) is 4.27. The lowest BCUT2D eigenvalue weighted by Gasteiger charge is -2.08. The molecule has 0 saturated carbocycles. The molecule has 0 aliphatic heterocycles. The number of nitrogens with one attached hydrogen (secondary N) is 1. The molecule has 0 heterocycles. The first-order valence-electron chi connectivity index (χ1n) is 6.36. The van der Waals surface area contributed by atoms with Gasteiger partial charge in [0, 0.05) is 0 Å². The number of para-hydroxylation sites is 1. The van der Waals surface area contributed by atoms with Crippen LogP contribution in [0.2, 0.25) is 0 Å². The van der Waals surface area contributed by atoms with E-state index >= 15 is 0 Å². The molecule has 0 fully saturated rings. The second kappa shape index (κ2) is 7.06. The number of carbonyl (C=O) groups excluding carboxylic acids is 1. The van der Waals surface area contributed by atoms with Gasteiger partial charge in [0.25, 0.3) is 0 Å². The molecule has 0 bridgehead atoms. The van der Waals surface area contributed by atoms with Gasteiger partial charge in [-0.15, -0.1) is 0 Å². The zero-order valence-corrected chi connectivity index (χ0v) is 11.2. The fourth-order valence-corrected chi connectivity index (χ4v) is 1.68. The van der Waals surface area contributed by atoms with Crippen molar-refractivity contribution in [1.29, 1.82) is 5.26 Å². The summed E-state index contributed by atoms with van der Waals surface area (Å²) in [6.45, 7) is 0.202. The van der Waals surface area contributed by atoms with Gasteiger partial charge in [-0.25, -0.2) is 4.39 Å². The summed E-state index contributed by atoms with van der Waals surface area (Å²) < 4.78 is 19.0. The number of nitrogens with zero attached hydrogens (tertiary/aromatic N) is 1. The van der Waals surface area contributed by atoms with Gasteiger partial charge in [-0.3, -0.25) is 4.79 Å². The van der Waals surface area contributed by atoms with Crippen LogP contribution in [-0.2, 0) is 4.79 Å². The summed E-state index contributed by atoms with van der Waals surface area (Å²) in [4.78, 5) is 11.7. The van der Waals surface area contributed by atoms with Crippen LogP contribution in [0.25, 0.3) is 0 Å². The molecule has 2 aromatic rings. The minimum absolute atomic E-state index is 0.0544. The first-order valence-corrected chi connectivity index (χ1v) is 6.36. The highest BCUT2D eigenvalue weighted by molar-refractivity contribution is 5.90. The van der Waals surface area contributed by atoms with Crippen molar-refractivity contribution >= 4 is 11.6 Å². The Bertz CT molecular complexity index is 666. The molecule has 0 spiro atoms. The zero-order chi connectivity index (χ0) is 15.1. The van der Waals surface area contributed by atoms with Gasteiger partial charge in [-0.05, 0) is 30.3 Å². The van der Waals surface area contributed by atoms with Crippen LogP contribution in [0.5, 0.6) is 5.75 Å². The van der Waals surface area contributed by atoms with E-state index in [0.29, 0.717) is 5.75 Å². The molecular formula is C16H13FN2O2. The smallest absolute Gasteiger partial charge is 0.227 e. The molecular weight excluding hydrogens is 271 g/mol. The molecule has 0 unspecified atom stereocenters. The van der Waals surface area contributed by atoms with E-state index in [4.69, 9.17) is 10.00 Å². The quantitative estimate of drug-likeness (QED) is 0.917. The molecule has 106 valence electrons. The van der Waals surface area contributed by atoms with Gasteiger partial charge in [0.1, 0.15) is 11.6 Å². The summed E-state index contributed by atoms with van der Waals surface area (Å²) in [5.74, 6) is -0.309. The average Bonchev–Trinajstić information content (AvgIpc) is 2.50.